The van der Waals surface area contributed by atoms with Crippen molar-refractivity contribution in [1.82, 2.24) is 0 Å². The standard InChI is InChI=1S/2CH5NO3.Hg/c2*1-2(3,4)5;/h2*3-4H,1H3;. The molecule has 0 bridgehead atoms. The van der Waals surface area contributed by atoms with E-state index in [1.807, 2.05) is 0 Å². The molecule has 0 heterocycles. The summed E-state index contributed by atoms with van der Waals surface area (Å²) in [6, 6.07) is 0. The zero-order valence-corrected chi connectivity index (χ0v) is 11.7. The van der Waals surface area contributed by atoms with Gasteiger partial charge >= 0.3 is 0 Å². The van der Waals surface area contributed by atoms with Crippen molar-refractivity contribution in [2.24, 2.45) is 0 Å². The third-order valence-corrected chi connectivity index (χ3v) is 0. The van der Waals surface area contributed by atoms with Gasteiger partial charge in [-0.05, 0) is 0 Å². The van der Waals surface area contributed by atoms with E-state index in [9.17, 15) is 0 Å². The van der Waals surface area contributed by atoms with Crippen LogP contribution in [0.25, 0.3) is 0 Å². The fraction of sp³-hybridized carbons (Fsp3) is 1.00. The molecule has 8 nitrogen and oxygen atoms in total. The molecule has 0 saturated carbocycles. The van der Waals surface area contributed by atoms with E-state index >= 15 is 0 Å². The minimum atomic E-state index is -2.25. The first kappa shape index (κ1) is 17.6. The normalized spacial score (nSPS) is 10.9. The Hall–Kier alpha value is 0.615. The zero-order valence-electron chi connectivity index (χ0n) is 6.21. The third kappa shape index (κ3) is 2080. The zero-order chi connectivity index (χ0) is 9.00. The molecular weight excluding hydrogens is 349 g/mol. The van der Waals surface area contributed by atoms with Gasteiger partial charge in [0.25, 0.3) is 0 Å². The molecule has 66 valence electrons. The van der Waals surface area contributed by atoms with Crippen molar-refractivity contribution < 1.29 is 58.4 Å². The summed E-state index contributed by atoms with van der Waals surface area (Å²) in [6.07, 6.45) is 0. The van der Waals surface area contributed by atoms with E-state index in [1.165, 1.54) is 0 Å². The molecule has 0 aliphatic heterocycles. The second-order valence-corrected chi connectivity index (χ2v) is 1.67. The maximum Gasteiger partial charge on any atom is 0.132 e. The average Bonchev–Trinajstić information content (AvgIpc) is 1.12. The summed E-state index contributed by atoms with van der Waals surface area (Å²) in [5.74, 6) is 0. The maximum absolute atomic E-state index is 9.15. The van der Waals surface area contributed by atoms with Gasteiger partial charge in [-0.1, -0.05) is 9.95 Å². The fourth-order valence-corrected chi connectivity index (χ4v) is 0. The quantitative estimate of drug-likeness (QED) is 0.260. The predicted molar refractivity (Wildman–Crippen MR) is 26.2 cm³/mol. The monoisotopic (exact) mass is 360 g/mol. The number of hydrogen-bond donors (Lipinski definition) is 4. The Morgan fingerprint density at radius 3 is 0.818 bits per heavy atom. The Morgan fingerprint density at radius 2 is 0.818 bits per heavy atom. The Labute approximate surface area is 83.2 Å². The Balaban J connectivity index is -0.000000107. The largest absolute Gasteiger partial charge is 0.565 e. The SMILES string of the molecule is C[N+]([O-])(O)O.C[N+]([O-])(O)O.[Hg]. The van der Waals surface area contributed by atoms with Gasteiger partial charge in [-0.3, -0.25) is 0 Å². The molecule has 4 N–H and O–H groups in total. The predicted octanol–water partition coefficient (Wildman–Crippen LogP) is -0.584. The van der Waals surface area contributed by atoms with E-state index in [2.05, 4.69) is 0 Å². The van der Waals surface area contributed by atoms with Gasteiger partial charge in [0, 0.05) is 27.7 Å². The average molecular weight is 359 g/mol. The van der Waals surface area contributed by atoms with Gasteiger partial charge in [-0.15, -0.1) is 0 Å². The smallest absolute Gasteiger partial charge is 0.132 e. The van der Waals surface area contributed by atoms with Crippen LogP contribution in [0, 0.1) is 10.4 Å². The van der Waals surface area contributed by atoms with Crippen LogP contribution in [0.2, 0.25) is 0 Å². The third-order valence-electron chi connectivity index (χ3n) is 0. The molecule has 0 saturated heterocycles. The van der Waals surface area contributed by atoms with E-state index in [4.69, 9.17) is 31.2 Å². The van der Waals surface area contributed by atoms with Gasteiger partial charge in [0.2, 0.25) is 0 Å². The number of hydrogen-bond acceptors (Lipinski definition) is 6. The van der Waals surface area contributed by atoms with Gasteiger partial charge in [-0.25, -0.2) is 0 Å². The van der Waals surface area contributed by atoms with Crippen molar-refractivity contribution in [2.75, 3.05) is 14.1 Å². The summed E-state index contributed by atoms with van der Waals surface area (Å²) in [7, 11) is 1.36. The van der Waals surface area contributed by atoms with Crippen LogP contribution in [0.1, 0.15) is 0 Å². The van der Waals surface area contributed by atoms with Gasteiger partial charge in [0.1, 0.15) is 14.1 Å². The molecular formula is C2H10HgN2O6. The molecule has 0 spiro atoms. The number of hydroxylamine groups is 6. The molecule has 11 heavy (non-hydrogen) atoms. The summed E-state index contributed by atoms with van der Waals surface area (Å²) in [4.78, 5) is -4.50. The first-order valence-corrected chi connectivity index (χ1v) is 2.06. The van der Waals surface area contributed by atoms with Crippen molar-refractivity contribution in [3.63, 3.8) is 0 Å². The van der Waals surface area contributed by atoms with E-state index in [-0.39, 0.29) is 27.7 Å². The molecule has 0 aromatic carbocycles. The van der Waals surface area contributed by atoms with Gasteiger partial charge in [0.05, 0.1) is 0 Å². The molecule has 0 unspecified atom stereocenters. The summed E-state index contributed by atoms with van der Waals surface area (Å²) in [6.45, 7) is 0. The Morgan fingerprint density at radius 1 is 0.818 bits per heavy atom. The Bertz CT molecular complexity index is 61.6. The summed E-state index contributed by atoms with van der Waals surface area (Å²) < 4.78 is 0. The van der Waals surface area contributed by atoms with Crippen LogP contribution in [0.5, 0.6) is 0 Å². The molecule has 0 aromatic rings. The van der Waals surface area contributed by atoms with Crippen LogP contribution in [0.15, 0.2) is 0 Å². The van der Waals surface area contributed by atoms with E-state index in [0.29, 0.717) is 14.1 Å². The van der Waals surface area contributed by atoms with Crippen molar-refractivity contribution in [2.45, 2.75) is 0 Å². The van der Waals surface area contributed by atoms with E-state index in [0.717, 1.165) is 0 Å². The summed E-state index contributed by atoms with van der Waals surface area (Å²) in [5, 5.41) is 48.1. The van der Waals surface area contributed by atoms with E-state index in [1.54, 1.807) is 0 Å². The van der Waals surface area contributed by atoms with Crippen molar-refractivity contribution in [3.8, 4) is 0 Å². The summed E-state index contributed by atoms with van der Waals surface area (Å²) >= 11 is 0. The summed E-state index contributed by atoms with van der Waals surface area (Å²) in [5.41, 5.74) is 0. The minimum Gasteiger partial charge on any atom is -0.565 e. The van der Waals surface area contributed by atoms with Crippen LogP contribution < -0.4 is 0 Å². The van der Waals surface area contributed by atoms with Crippen LogP contribution in [0.3, 0.4) is 0 Å². The second kappa shape index (κ2) is 6.17. The van der Waals surface area contributed by atoms with E-state index < -0.39 is 9.95 Å². The first-order chi connectivity index (χ1) is 4.00. The number of rotatable bonds is 0. The van der Waals surface area contributed by atoms with Gasteiger partial charge in [0.15, 0.2) is 0 Å². The van der Waals surface area contributed by atoms with Gasteiger partial charge in [-0.2, -0.15) is 20.8 Å². The molecule has 0 aliphatic carbocycles. The first-order valence-electron chi connectivity index (χ1n) is 2.06. The fourth-order valence-electron chi connectivity index (χ4n) is 0. The maximum atomic E-state index is 9.15. The van der Waals surface area contributed by atoms with Crippen LogP contribution in [-0.4, -0.2) is 44.9 Å². The molecule has 0 rings (SSSR count). The molecule has 0 aliphatic rings. The molecule has 0 amide bonds. The molecule has 0 radical (unpaired) electrons. The minimum absolute atomic E-state index is 0. The molecule has 9 heteroatoms. The topological polar surface area (TPSA) is 127 Å². The van der Waals surface area contributed by atoms with Crippen LogP contribution >= 0.6 is 0 Å². The molecule has 0 fully saturated rings. The number of nitrogens with zero attached hydrogens (tertiary/aromatic N) is 2. The van der Waals surface area contributed by atoms with Crippen molar-refractivity contribution >= 4 is 0 Å². The molecule has 0 aromatic heterocycles. The van der Waals surface area contributed by atoms with Gasteiger partial charge < -0.3 is 10.4 Å². The van der Waals surface area contributed by atoms with Crippen LogP contribution in [-0.2, 0) is 27.7 Å². The molecule has 0 atom stereocenters. The number of quaternary nitrogens is 2. The second-order valence-electron chi connectivity index (χ2n) is 1.67. The Kier molecular flexibility index (Phi) is 9.89. The van der Waals surface area contributed by atoms with Crippen LogP contribution in [0.4, 0.5) is 0 Å². The van der Waals surface area contributed by atoms with Crippen molar-refractivity contribution in [3.05, 3.63) is 10.4 Å². The van der Waals surface area contributed by atoms with Crippen molar-refractivity contribution in [1.29, 1.82) is 0 Å².